The fourth-order valence-corrected chi connectivity index (χ4v) is 9.32. The van der Waals surface area contributed by atoms with E-state index in [9.17, 15) is 35.1 Å². The lowest BCUT2D eigenvalue weighted by molar-refractivity contribution is -0.305. The Morgan fingerprint density at radius 2 is 0.945 bits per heavy atom. The molecule has 8 atom stereocenters. The van der Waals surface area contributed by atoms with E-state index in [1.165, 1.54) is 141 Å². The zero-order valence-corrected chi connectivity index (χ0v) is 47.0. The lowest BCUT2D eigenvalue weighted by Crippen LogP contribution is -2.61. The number of allylic oxidation sites excluding steroid dienone is 7. The molecule has 73 heavy (non-hydrogen) atoms. The number of nitrogens with one attached hydrogen (secondary N) is 1. The second-order valence-corrected chi connectivity index (χ2v) is 21.1. The molecule has 1 amide bonds. The van der Waals surface area contributed by atoms with Crippen LogP contribution in [-0.2, 0) is 23.8 Å². The average molecular weight is 1030 g/mol. The Kier molecular flexibility index (Phi) is 47.4. The average Bonchev–Trinajstić information content (AvgIpc) is 3.39. The van der Waals surface area contributed by atoms with E-state index in [-0.39, 0.29) is 19.4 Å². The molecule has 0 radical (unpaired) electrons. The molecule has 11 nitrogen and oxygen atoms in total. The summed E-state index contributed by atoms with van der Waals surface area (Å²) >= 11 is 0. The third-order valence-corrected chi connectivity index (χ3v) is 14.2. The van der Waals surface area contributed by atoms with Crippen molar-refractivity contribution in [3.05, 3.63) is 48.6 Å². The number of carbonyl (C=O) groups is 2. The summed E-state index contributed by atoms with van der Waals surface area (Å²) in [6, 6.07) is -1.03. The van der Waals surface area contributed by atoms with E-state index in [1.54, 1.807) is 6.08 Å². The Morgan fingerprint density at radius 1 is 0.534 bits per heavy atom. The van der Waals surface area contributed by atoms with E-state index in [2.05, 4.69) is 62.5 Å². The van der Waals surface area contributed by atoms with Crippen LogP contribution in [0.15, 0.2) is 48.6 Å². The quantitative estimate of drug-likeness (QED) is 0.0195. The molecule has 0 spiro atoms. The molecule has 0 aromatic carbocycles. The third-order valence-electron chi connectivity index (χ3n) is 14.2. The van der Waals surface area contributed by atoms with Gasteiger partial charge in [0.25, 0.3) is 0 Å². The molecule has 1 heterocycles. The number of unbranched alkanes of at least 4 members (excludes halogenated alkanes) is 31. The van der Waals surface area contributed by atoms with Gasteiger partial charge in [-0.2, -0.15) is 0 Å². The van der Waals surface area contributed by atoms with Crippen molar-refractivity contribution >= 4 is 11.9 Å². The number of aliphatic hydroxyl groups excluding tert-OH is 5. The number of amides is 1. The fraction of sp³-hybridized carbons (Fsp3) is 0.839. The second-order valence-electron chi connectivity index (χ2n) is 21.1. The monoisotopic (exact) mass is 1030 g/mol. The number of ether oxygens (including phenoxy) is 3. The summed E-state index contributed by atoms with van der Waals surface area (Å²) in [7, 11) is 0. The Bertz CT molecular complexity index is 1370. The first-order chi connectivity index (χ1) is 35.7. The second kappa shape index (κ2) is 50.4. The molecule has 11 heteroatoms. The van der Waals surface area contributed by atoms with Crippen molar-refractivity contribution in [2.75, 3.05) is 13.2 Å². The van der Waals surface area contributed by atoms with Gasteiger partial charge in [-0.25, -0.2) is 0 Å². The lowest BCUT2D eigenvalue weighted by atomic mass is 9.99. The van der Waals surface area contributed by atoms with Gasteiger partial charge in [-0.1, -0.05) is 230 Å². The van der Waals surface area contributed by atoms with Gasteiger partial charge < -0.3 is 45.1 Å². The molecule has 1 aliphatic rings. The number of rotatable bonds is 51. The number of aliphatic hydroxyl groups is 5. The summed E-state index contributed by atoms with van der Waals surface area (Å²) < 4.78 is 17.6. The van der Waals surface area contributed by atoms with Crippen LogP contribution in [0, 0.1) is 0 Å². The SMILES string of the molecule is CCCCC/C=C\C/C=C\CCCCCCCCCCCC(=O)OC1C(OCC(NC(=O)C(O)CCCCCCCC/C=C\CCCCCC)C(O)/C=C/CCCCCCCCCCC)OC(CO)C(O)C1O. The van der Waals surface area contributed by atoms with Crippen LogP contribution in [0.4, 0.5) is 0 Å². The zero-order chi connectivity index (χ0) is 53.3. The van der Waals surface area contributed by atoms with E-state index in [4.69, 9.17) is 14.2 Å². The molecule has 0 saturated carbocycles. The van der Waals surface area contributed by atoms with Crippen LogP contribution >= 0.6 is 0 Å². The molecule has 1 saturated heterocycles. The predicted octanol–water partition coefficient (Wildman–Crippen LogP) is 14.1. The molecule has 0 aliphatic carbocycles. The van der Waals surface area contributed by atoms with Gasteiger partial charge in [-0.15, -0.1) is 0 Å². The largest absolute Gasteiger partial charge is 0.454 e. The van der Waals surface area contributed by atoms with Crippen molar-refractivity contribution in [2.24, 2.45) is 0 Å². The van der Waals surface area contributed by atoms with E-state index in [0.29, 0.717) is 12.8 Å². The van der Waals surface area contributed by atoms with Gasteiger partial charge in [-0.3, -0.25) is 9.59 Å². The van der Waals surface area contributed by atoms with Crippen LogP contribution in [0.1, 0.15) is 271 Å². The van der Waals surface area contributed by atoms with Crippen molar-refractivity contribution in [2.45, 2.75) is 320 Å². The van der Waals surface area contributed by atoms with Crippen molar-refractivity contribution in [3.63, 3.8) is 0 Å². The van der Waals surface area contributed by atoms with Crippen LogP contribution in [-0.4, -0.2) is 99.6 Å². The number of hydrogen-bond acceptors (Lipinski definition) is 10. The molecular weight excluding hydrogens is 919 g/mol. The number of carbonyl (C=O) groups excluding carboxylic acids is 2. The van der Waals surface area contributed by atoms with Crippen LogP contribution < -0.4 is 5.32 Å². The van der Waals surface area contributed by atoms with Crippen molar-refractivity contribution in [3.8, 4) is 0 Å². The standard InChI is InChI=1S/C62H113NO10/c1-4-7-10-13-16-19-22-24-26-27-28-29-30-32-35-38-41-44-47-50-57(67)73-60-59(69)58(68)56(51-64)72-62(60)71-52-53(54(65)48-45-42-39-36-33-21-18-15-12-9-6-3)63-61(70)55(66)49-46-43-40-37-34-31-25-23-20-17-14-11-8-5-2/h16,19-20,23-24,26,45,48,53-56,58-60,62,64-66,68-69H,4-15,17-18,21-22,25,27-44,46-47,49-52H2,1-3H3,(H,63,70)/b19-16-,23-20-,26-24-,48-45+. The Morgan fingerprint density at radius 3 is 1.45 bits per heavy atom. The molecule has 426 valence electrons. The van der Waals surface area contributed by atoms with Gasteiger partial charge in [0.05, 0.1) is 25.4 Å². The van der Waals surface area contributed by atoms with Gasteiger partial charge in [-0.05, 0) is 83.5 Å². The first-order valence-electron chi connectivity index (χ1n) is 30.4. The maximum absolute atomic E-state index is 13.4. The predicted molar refractivity (Wildman–Crippen MR) is 301 cm³/mol. The minimum absolute atomic E-state index is 0.119. The van der Waals surface area contributed by atoms with Crippen molar-refractivity contribution in [1.29, 1.82) is 0 Å². The summed E-state index contributed by atoms with van der Waals surface area (Å²) in [5.41, 5.74) is 0. The van der Waals surface area contributed by atoms with E-state index < -0.39 is 67.4 Å². The highest BCUT2D eigenvalue weighted by Gasteiger charge is 2.47. The van der Waals surface area contributed by atoms with Gasteiger partial charge in [0.15, 0.2) is 12.4 Å². The zero-order valence-electron chi connectivity index (χ0n) is 47.0. The van der Waals surface area contributed by atoms with Gasteiger partial charge in [0, 0.05) is 6.42 Å². The molecule has 8 unspecified atom stereocenters. The topological polar surface area (TPSA) is 175 Å². The summed E-state index contributed by atoms with van der Waals surface area (Å²) in [6.45, 7) is 5.74. The van der Waals surface area contributed by atoms with Crippen LogP contribution in [0.2, 0.25) is 0 Å². The first kappa shape index (κ1) is 68.6. The van der Waals surface area contributed by atoms with E-state index in [1.807, 2.05) is 6.08 Å². The van der Waals surface area contributed by atoms with Crippen molar-refractivity contribution in [1.82, 2.24) is 5.32 Å². The maximum atomic E-state index is 13.4. The van der Waals surface area contributed by atoms with Crippen molar-refractivity contribution < 1.29 is 49.3 Å². The summed E-state index contributed by atoms with van der Waals surface area (Å²) in [6.07, 6.45) is 50.0. The van der Waals surface area contributed by atoms with Gasteiger partial charge in [0.1, 0.15) is 24.4 Å². The highest BCUT2D eigenvalue weighted by Crippen LogP contribution is 2.26. The highest BCUT2D eigenvalue weighted by molar-refractivity contribution is 5.80. The van der Waals surface area contributed by atoms with Crippen LogP contribution in [0.3, 0.4) is 0 Å². The molecule has 0 aromatic heterocycles. The summed E-state index contributed by atoms with van der Waals surface area (Å²) in [5, 5.41) is 56.9. The molecule has 1 rings (SSSR count). The summed E-state index contributed by atoms with van der Waals surface area (Å²) in [4.78, 5) is 26.5. The summed E-state index contributed by atoms with van der Waals surface area (Å²) in [5.74, 6) is -1.20. The third kappa shape index (κ3) is 38.8. The minimum Gasteiger partial charge on any atom is -0.454 e. The Labute approximate surface area is 446 Å². The molecule has 0 bridgehead atoms. The van der Waals surface area contributed by atoms with Gasteiger partial charge >= 0.3 is 5.97 Å². The number of esters is 1. The molecule has 6 N–H and O–H groups in total. The Balaban J connectivity index is 2.67. The van der Waals surface area contributed by atoms with E-state index in [0.717, 1.165) is 83.5 Å². The molecule has 1 fully saturated rings. The van der Waals surface area contributed by atoms with Gasteiger partial charge in [0.2, 0.25) is 5.91 Å². The first-order valence-corrected chi connectivity index (χ1v) is 30.4. The fourth-order valence-electron chi connectivity index (χ4n) is 9.32. The lowest BCUT2D eigenvalue weighted by Gasteiger charge is -2.41. The number of hydrogen-bond donors (Lipinski definition) is 6. The minimum atomic E-state index is -1.61. The Hall–Kier alpha value is -2.38. The maximum Gasteiger partial charge on any atom is 0.306 e. The molecular formula is C62H113NO10. The van der Waals surface area contributed by atoms with Crippen LogP contribution in [0.5, 0.6) is 0 Å². The normalized spacial score (nSPS) is 19.7. The van der Waals surface area contributed by atoms with Crippen LogP contribution in [0.25, 0.3) is 0 Å². The highest BCUT2D eigenvalue weighted by atomic mass is 16.7. The smallest absolute Gasteiger partial charge is 0.306 e. The molecule has 0 aromatic rings. The molecule has 1 aliphatic heterocycles. The van der Waals surface area contributed by atoms with E-state index >= 15 is 0 Å².